The van der Waals surface area contributed by atoms with Crippen LogP contribution in [0.4, 0.5) is 0 Å². The van der Waals surface area contributed by atoms with Gasteiger partial charge in [-0.2, -0.15) is 0 Å². The van der Waals surface area contributed by atoms with E-state index in [2.05, 4.69) is 13.2 Å². The molecule has 3 rings (SSSR count). The number of aromatic carboxylic acids is 1. The van der Waals surface area contributed by atoms with E-state index in [1.165, 1.54) is 0 Å². The van der Waals surface area contributed by atoms with Gasteiger partial charge in [-0.05, 0) is 44.8 Å². The highest BCUT2D eigenvalue weighted by Crippen LogP contribution is 2.34. The highest BCUT2D eigenvalue weighted by Gasteiger charge is 2.12. The fraction of sp³-hybridized carbons (Fsp3) is 0. The van der Waals surface area contributed by atoms with Gasteiger partial charge in [-0.15, -0.1) is 0 Å². The summed E-state index contributed by atoms with van der Waals surface area (Å²) in [6.07, 6.45) is 3.56. The Hall–Kier alpha value is -2.87. The second kappa shape index (κ2) is 4.91. The van der Waals surface area contributed by atoms with Gasteiger partial charge in [0.15, 0.2) is 0 Å². The summed E-state index contributed by atoms with van der Waals surface area (Å²) in [5.41, 5.74) is 2.17. The molecule has 1 N–H and O–H groups in total. The topological polar surface area (TPSA) is 37.3 Å². The Bertz CT molecular complexity index is 904. The molecule has 21 heavy (non-hydrogen) atoms. The lowest BCUT2D eigenvalue weighted by atomic mass is 9.90. The predicted octanol–water partition coefficient (Wildman–Crippen LogP) is 4.98. The maximum absolute atomic E-state index is 11.2. The molecule has 0 atom stereocenters. The highest BCUT2D eigenvalue weighted by atomic mass is 16.4. The number of fused-ring (bicyclic) bond motifs is 3. The van der Waals surface area contributed by atoms with Gasteiger partial charge in [0.1, 0.15) is 0 Å². The molecule has 0 heterocycles. The third-order valence-electron chi connectivity index (χ3n) is 3.76. The third-order valence-corrected chi connectivity index (χ3v) is 3.76. The second-order valence-corrected chi connectivity index (χ2v) is 4.85. The van der Waals surface area contributed by atoms with E-state index in [4.69, 9.17) is 0 Å². The summed E-state index contributed by atoms with van der Waals surface area (Å²) < 4.78 is 0. The minimum atomic E-state index is -0.930. The zero-order valence-electron chi connectivity index (χ0n) is 11.5. The SMILES string of the molecule is C=Cc1c(C=C)c2cc(C(=O)O)ccc2c2ccccc12. The molecule has 0 aliphatic heterocycles. The molecule has 102 valence electrons. The molecular formula is C19H14O2. The molecule has 0 unspecified atom stereocenters. The van der Waals surface area contributed by atoms with Crippen molar-refractivity contribution in [1.82, 2.24) is 0 Å². The Morgan fingerprint density at radius 1 is 0.857 bits per heavy atom. The summed E-state index contributed by atoms with van der Waals surface area (Å²) in [4.78, 5) is 11.2. The summed E-state index contributed by atoms with van der Waals surface area (Å²) in [6.45, 7) is 7.77. The molecule has 0 saturated carbocycles. The minimum absolute atomic E-state index is 0.274. The number of rotatable bonds is 3. The van der Waals surface area contributed by atoms with Crippen LogP contribution in [0.1, 0.15) is 21.5 Å². The first-order valence-electron chi connectivity index (χ1n) is 6.64. The van der Waals surface area contributed by atoms with Crippen molar-refractivity contribution in [2.75, 3.05) is 0 Å². The molecule has 0 fully saturated rings. The molecule has 0 saturated heterocycles. The number of carbonyl (C=O) groups is 1. The van der Waals surface area contributed by atoms with Crippen LogP contribution in [0.5, 0.6) is 0 Å². The zero-order chi connectivity index (χ0) is 15.0. The van der Waals surface area contributed by atoms with E-state index in [1.54, 1.807) is 24.3 Å². The average Bonchev–Trinajstić information content (AvgIpc) is 2.52. The van der Waals surface area contributed by atoms with Crippen molar-refractivity contribution in [2.45, 2.75) is 0 Å². The normalized spacial score (nSPS) is 10.7. The number of carboxylic acid groups (broad SMARTS) is 1. The molecule has 3 aromatic carbocycles. The van der Waals surface area contributed by atoms with Crippen molar-refractivity contribution < 1.29 is 9.90 Å². The Labute approximate surface area is 122 Å². The van der Waals surface area contributed by atoms with Crippen LogP contribution >= 0.6 is 0 Å². The monoisotopic (exact) mass is 274 g/mol. The van der Waals surface area contributed by atoms with E-state index in [9.17, 15) is 9.90 Å². The van der Waals surface area contributed by atoms with Crippen molar-refractivity contribution in [3.63, 3.8) is 0 Å². The van der Waals surface area contributed by atoms with E-state index in [-0.39, 0.29) is 5.56 Å². The third kappa shape index (κ3) is 1.93. The molecule has 0 aliphatic carbocycles. The van der Waals surface area contributed by atoms with Crippen LogP contribution in [0.2, 0.25) is 0 Å². The van der Waals surface area contributed by atoms with E-state index < -0.39 is 5.97 Å². The molecule has 2 nitrogen and oxygen atoms in total. The van der Waals surface area contributed by atoms with Gasteiger partial charge in [-0.25, -0.2) is 4.79 Å². The molecule has 0 aliphatic rings. The first kappa shape index (κ1) is 13.1. The quantitative estimate of drug-likeness (QED) is 0.684. The van der Waals surface area contributed by atoms with Crippen molar-refractivity contribution >= 4 is 39.7 Å². The number of hydrogen-bond acceptors (Lipinski definition) is 1. The van der Waals surface area contributed by atoms with Gasteiger partial charge in [0.05, 0.1) is 5.56 Å². The van der Waals surface area contributed by atoms with Crippen molar-refractivity contribution in [3.05, 3.63) is 72.3 Å². The molecular weight excluding hydrogens is 260 g/mol. The fourth-order valence-corrected chi connectivity index (χ4v) is 2.82. The lowest BCUT2D eigenvalue weighted by Crippen LogP contribution is -1.97. The summed E-state index contributed by atoms with van der Waals surface area (Å²) in [7, 11) is 0. The van der Waals surface area contributed by atoms with Crippen molar-refractivity contribution in [1.29, 1.82) is 0 Å². The van der Waals surface area contributed by atoms with Crippen LogP contribution in [0, 0.1) is 0 Å². The predicted molar refractivity (Wildman–Crippen MR) is 88.6 cm³/mol. The molecule has 0 bridgehead atoms. The molecule has 0 spiro atoms. The first-order chi connectivity index (χ1) is 10.2. The Morgan fingerprint density at radius 3 is 2.05 bits per heavy atom. The van der Waals surface area contributed by atoms with Gasteiger partial charge >= 0.3 is 5.97 Å². The number of benzene rings is 3. The van der Waals surface area contributed by atoms with E-state index in [1.807, 2.05) is 30.3 Å². The van der Waals surface area contributed by atoms with Crippen molar-refractivity contribution in [2.24, 2.45) is 0 Å². The van der Waals surface area contributed by atoms with Crippen LogP contribution in [0.15, 0.2) is 55.6 Å². The van der Waals surface area contributed by atoms with Crippen LogP contribution in [-0.2, 0) is 0 Å². The van der Waals surface area contributed by atoms with Crippen LogP contribution in [-0.4, -0.2) is 11.1 Å². The van der Waals surface area contributed by atoms with Crippen molar-refractivity contribution in [3.8, 4) is 0 Å². The molecule has 0 aromatic heterocycles. The fourth-order valence-electron chi connectivity index (χ4n) is 2.82. The lowest BCUT2D eigenvalue weighted by Gasteiger charge is -2.13. The maximum Gasteiger partial charge on any atom is 0.335 e. The lowest BCUT2D eigenvalue weighted by molar-refractivity contribution is 0.0697. The Kier molecular flexibility index (Phi) is 3.07. The first-order valence-corrected chi connectivity index (χ1v) is 6.64. The van der Waals surface area contributed by atoms with Gasteiger partial charge in [0.25, 0.3) is 0 Å². The number of carboxylic acids is 1. The molecule has 2 heteroatoms. The Morgan fingerprint density at radius 2 is 1.43 bits per heavy atom. The van der Waals surface area contributed by atoms with Crippen LogP contribution < -0.4 is 0 Å². The summed E-state index contributed by atoms with van der Waals surface area (Å²) in [5.74, 6) is -0.930. The van der Waals surface area contributed by atoms with Crippen LogP contribution in [0.25, 0.3) is 33.7 Å². The Balaban J connectivity index is 2.60. The van der Waals surface area contributed by atoms with Gasteiger partial charge < -0.3 is 5.11 Å². The summed E-state index contributed by atoms with van der Waals surface area (Å²) in [6, 6.07) is 13.3. The van der Waals surface area contributed by atoms with E-state index >= 15 is 0 Å². The number of hydrogen-bond donors (Lipinski definition) is 1. The smallest absolute Gasteiger partial charge is 0.335 e. The summed E-state index contributed by atoms with van der Waals surface area (Å²) in [5, 5.41) is 13.3. The largest absolute Gasteiger partial charge is 0.478 e. The van der Waals surface area contributed by atoms with E-state index in [0.29, 0.717) is 0 Å². The summed E-state index contributed by atoms with van der Waals surface area (Å²) >= 11 is 0. The molecule has 0 radical (unpaired) electrons. The van der Waals surface area contributed by atoms with Gasteiger partial charge in [-0.3, -0.25) is 0 Å². The maximum atomic E-state index is 11.2. The molecule has 3 aromatic rings. The van der Waals surface area contributed by atoms with Gasteiger partial charge in [0, 0.05) is 0 Å². The average molecular weight is 274 g/mol. The zero-order valence-corrected chi connectivity index (χ0v) is 11.5. The highest BCUT2D eigenvalue weighted by molar-refractivity contribution is 6.15. The molecule has 0 amide bonds. The minimum Gasteiger partial charge on any atom is -0.478 e. The van der Waals surface area contributed by atoms with Gasteiger partial charge in [0.2, 0.25) is 0 Å². The van der Waals surface area contributed by atoms with Gasteiger partial charge in [-0.1, -0.05) is 55.6 Å². The second-order valence-electron chi connectivity index (χ2n) is 4.85. The van der Waals surface area contributed by atoms with E-state index in [0.717, 1.165) is 32.7 Å². The standard InChI is InChI=1S/C19H14O2/c1-3-13-14(4-2)18-11-12(19(20)21)9-10-17(18)16-8-6-5-7-15(13)16/h3-11H,1-2H2,(H,20,21). The van der Waals surface area contributed by atoms with Crippen LogP contribution in [0.3, 0.4) is 0 Å².